The maximum atomic E-state index is 11.6. The molecule has 0 aliphatic carbocycles. The number of sulfonamides is 1. The van der Waals surface area contributed by atoms with Crippen LogP contribution in [0.2, 0.25) is 0 Å². The first kappa shape index (κ1) is 16.7. The predicted octanol–water partition coefficient (Wildman–Crippen LogP) is 0.773. The van der Waals surface area contributed by atoms with Crippen molar-refractivity contribution in [3.63, 3.8) is 0 Å². The first-order chi connectivity index (χ1) is 10.2. The maximum Gasteiger partial charge on any atom is 0.312 e. The van der Waals surface area contributed by atoms with Crippen LogP contribution in [0.5, 0.6) is 0 Å². The summed E-state index contributed by atoms with van der Waals surface area (Å²) in [7, 11) is -0.132. The highest BCUT2D eigenvalue weighted by molar-refractivity contribution is 7.89. The Hall–Kier alpha value is -1.71. The molecule has 1 aromatic rings. The molecule has 0 spiro atoms. The Bertz CT molecular complexity index is 667. The van der Waals surface area contributed by atoms with Gasteiger partial charge in [-0.2, -0.15) is 0 Å². The number of nitrogens with two attached hydrogens (primary N) is 1. The minimum absolute atomic E-state index is 0.314. The zero-order valence-electron chi connectivity index (χ0n) is 12.6. The lowest BCUT2D eigenvalue weighted by atomic mass is 10.0. The van der Waals surface area contributed by atoms with Crippen molar-refractivity contribution in [2.45, 2.75) is 23.8 Å². The molecule has 2 N–H and O–H groups in total. The van der Waals surface area contributed by atoms with E-state index >= 15 is 0 Å². The normalized spacial score (nSPS) is 17.0. The summed E-state index contributed by atoms with van der Waals surface area (Å²) < 4.78 is 23.2. The molecule has 0 unspecified atom stereocenters. The lowest BCUT2D eigenvalue weighted by Crippen LogP contribution is -2.42. The van der Waals surface area contributed by atoms with Crippen molar-refractivity contribution in [2.75, 3.05) is 32.1 Å². The number of nitro groups is 1. The lowest BCUT2D eigenvalue weighted by Gasteiger charge is -2.36. The number of hydrogen-bond acceptors (Lipinski definition) is 6. The fraction of sp³-hybridized carbons (Fsp3) is 0.538. The van der Waals surface area contributed by atoms with Crippen LogP contribution in [0.4, 0.5) is 11.4 Å². The third-order valence-corrected chi connectivity index (χ3v) is 4.94. The monoisotopic (exact) mass is 328 g/mol. The molecule has 1 aliphatic heterocycles. The molecule has 1 fully saturated rings. The van der Waals surface area contributed by atoms with Gasteiger partial charge in [-0.05, 0) is 39.1 Å². The Balaban J connectivity index is 2.39. The first-order valence-electron chi connectivity index (χ1n) is 6.93. The quantitative estimate of drug-likeness (QED) is 0.646. The summed E-state index contributed by atoms with van der Waals surface area (Å²) >= 11 is 0. The van der Waals surface area contributed by atoms with Crippen LogP contribution in [0.3, 0.4) is 0 Å². The number of rotatable bonds is 4. The number of nitrogens with zero attached hydrogens (tertiary/aromatic N) is 3. The minimum Gasteiger partial charge on any atom is -0.366 e. The van der Waals surface area contributed by atoms with Gasteiger partial charge in [0.25, 0.3) is 0 Å². The molecule has 1 heterocycles. The zero-order chi connectivity index (χ0) is 16.5. The Morgan fingerprint density at radius 2 is 1.91 bits per heavy atom. The molecular formula is C13H20N4O4S. The van der Waals surface area contributed by atoms with E-state index in [-0.39, 0.29) is 0 Å². The van der Waals surface area contributed by atoms with Crippen LogP contribution in [-0.4, -0.2) is 51.5 Å². The second-order valence-corrected chi connectivity index (χ2v) is 7.14. The van der Waals surface area contributed by atoms with E-state index < -0.39 is 25.5 Å². The van der Waals surface area contributed by atoms with Crippen LogP contribution in [0.15, 0.2) is 23.1 Å². The highest BCUT2D eigenvalue weighted by atomic mass is 32.2. The van der Waals surface area contributed by atoms with E-state index in [4.69, 9.17) is 5.14 Å². The van der Waals surface area contributed by atoms with Crippen LogP contribution in [-0.2, 0) is 10.0 Å². The van der Waals surface area contributed by atoms with E-state index in [9.17, 15) is 18.5 Å². The summed E-state index contributed by atoms with van der Waals surface area (Å²) in [6, 6.07) is 4.66. The molecule has 1 saturated heterocycles. The van der Waals surface area contributed by atoms with Crippen molar-refractivity contribution in [3.05, 3.63) is 28.3 Å². The van der Waals surface area contributed by atoms with Gasteiger partial charge < -0.3 is 9.80 Å². The van der Waals surface area contributed by atoms with Crippen molar-refractivity contribution in [1.82, 2.24) is 4.90 Å². The zero-order valence-corrected chi connectivity index (χ0v) is 13.4. The second kappa shape index (κ2) is 6.19. The van der Waals surface area contributed by atoms with Crippen molar-refractivity contribution < 1.29 is 13.3 Å². The minimum atomic E-state index is -4.14. The molecule has 0 atom stereocenters. The molecule has 0 bridgehead atoms. The van der Waals surface area contributed by atoms with E-state index in [0.717, 1.165) is 12.8 Å². The third kappa shape index (κ3) is 3.37. The van der Waals surface area contributed by atoms with Crippen LogP contribution in [0, 0.1) is 10.1 Å². The predicted molar refractivity (Wildman–Crippen MR) is 83.4 cm³/mol. The number of piperidine rings is 1. The molecular weight excluding hydrogens is 308 g/mol. The van der Waals surface area contributed by atoms with Gasteiger partial charge in [0.1, 0.15) is 5.69 Å². The number of hydrogen-bond donors (Lipinski definition) is 1. The maximum absolute atomic E-state index is 11.6. The molecule has 1 aromatic carbocycles. The number of nitro benzene ring substituents is 1. The fourth-order valence-electron chi connectivity index (χ4n) is 2.80. The Morgan fingerprint density at radius 1 is 1.32 bits per heavy atom. The van der Waals surface area contributed by atoms with Gasteiger partial charge in [-0.3, -0.25) is 10.1 Å². The number of primary sulfonamides is 1. The van der Waals surface area contributed by atoms with Gasteiger partial charge >= 0.3 is 5.69 Å². The van der Waals surface area contributed by atoms with Crippen LogP contribution in [0.25, 0.3) is 0 Å². The summed E-state index contributed by atoms with van der Waals surface area (Å²) in [6.07, 6.45) is 1.73. The number of benzene rings is 1. The highest BCUT2D eigenvalue weighted by Crippen LogP contribution is 2.35. The molecule has 22 heavy (non-hydrogen) atoms. The number of para-hydroxylation sites is 1. The Morgan fingerprint density at radius 3 is 2.36 bits per heavy atom. The van der Waals surface area contributed by atoms with Crippen molar-refractivity contribution in [2.24, 2.45) is 5.14 Å². The van der Waals surface area contributed by atoms with Gasteiger partial charge in [-0.15, -0.1) is 0 Å². The second-order valence-electron chi connectivity index (χ2n) is 5.61. The summed E-state index contributed by atoms with van der Waals surface area (Å²) in [6.45, 7) is 1.27. The molecule has 9 heteroatoms. The van der Waals surface area contributed by atoms with E-state index in [1.54, 1.807) is 6.07 Å². The SMILES string of the molecule is CN(C)C1CCN(c2cccc(S(N)(=O)=O)c2[N+](=O)[O-])CC1. The van der Waals surface area contributed by atoms with E-state index in [2.05, 4.69) is 4.90 Å². The molecule has 2 rings (SSSR count). The largest absolute Gasteiger partial charge is 0.366 e. The highest BCUT2D eigenvalue weighted by Gasteiger charge is 2.31. The standard InChI is InChI=1S/C13H20N4O4S/c1-15(2)10-6-8-16(9-7-10)11-4-3-5-12(22(14,20)21)13(11)17(18)19/h3-5,10H,6-9H2,1-2H3,(H2,14,20,21). The fourth-order valence-corrected chi connectivity index (χ4v) is 3.52. The third-order valence-electron chi connectivity index (χ3n) is 4.00. The average molecular weight is 328 g/mol. The summed E-state index contributed by atoms with van der Waals surface area (Å²) in [4.78, 5) is 14.2. The summed E-state index contributed by atoms with van der Waals surface area (Å²) in [5.74, 6) is 0. The topological polar surface area (TPSA) is 110 Å². The van der Waals surface area contributed by atoms with Crippen LogP contribution in [0.1, 0.15) is 12.8 Å². The van der Waals surface area contributed by atoms with Crippen LogP contribution < -0.4 is 10.0 Å². The van der Waals surface area contributed by atoms with Crippen molar-refractivity contribution in [3.8, 4) is 0 Å². The molecule has 0 radical (unpaired) electrons. The average Bonchev–Trinajstić information content (AvgIpc) is 2.45. The van der Waals surface area contributed by atoms with Gasteiger partial charge in [0.05, 0.1) is 4.92 Å². The van der Waals surface area contributed by atoms with Gasteiger partial charge in [0.15, 0.2) is 4.90 Å². The number of anilines is 1. The molecule has 8 nitrogen and oxygen atoms in total. The molecule has 122 valence electrons. The van der Waals surface area contributed by atoms with E-state index in [1.165, 1.54) is 12.1 Å². The Labute approximate surface area is 129 Å². The summed E-state index contributed by atoms with van der Waals surface area (Å²) in [5, 5.41) is 16.5. The van der Waals surface area contributed by atoms with E-state index in [0.29, 0.717) is 24.8 Å². The van der Waals surface area contributed by atoms with Gasteiger partial charge in [-0.1, -0.05) is 6.07 Å². The van der Waals surface area contributed by atoms with Gasteiger partial charge in [0.2, 0.25) is 10.0 Å². The van der Waals surface area contributed by atoms with Crippen LogP contribution >= 0.6 is 0 Å². The first-order valence-corrected chi connectivity index (χ1v) is 8.48. The van der Waals surface area contributed by atoms with E-state index in [1.807, 2.05) is 19.0 Å². The lowest BCUT2D eigenvalue weighted by molar-refractivity contribution is -0.387. The van der Waals surface area contributed by atoms with Crippen molar-refractivity contribution in [1.29, 1.82) is 0 Å². The van der Waals surface area contributed by atoms with Gasteiger partial charge in [0, 0.05) is 19.1 Å². The summed E-state index contributed by atoms with van der Waals surface area (Å²) in [5.41, 5.74) is -0.123. The smallest absolute Gasteiger partial charge is 0.312 e. The Kier molecular flexibility index (Phi) is 4.69. The van der Waals surface area contributed by atoms with Crippen molar-refractivity contribution >= 4 is 21.4 Å². The molecule has 0 amide bonds. The molecule has 0 aromatic heterocycles. The molecule has 1 aliphatic rings. The van der Waals surface area contributed by atoms with Gasteiger partial charge in [-0.25, -0.2) is 13.6 Å². The molecule has 0 saturated carbocycles.